The van der Waals surface area contributed by atoms with Gasteiger partial charge in [0.25, 0.3) is 0 Å². The van der Waals surface area contributed by atoms with Crippen LogP contribution in [0, 0.1) is 5.92 Å². The fraction of sp³-hybridized carbons (Fsp3) is 0.867. The van der Waals surface area contributed by atoms with Crippen LogP contribution in [0.2, 0.25) is 0 Å². The molecule has 0 bridgehead atoms. The Morgan fingerprint density at radius 2 is 2.00 bits per heavy atom. The fourth-order valence-corrected chi connectivity index (χ4v) is 2.48. The number of nitrogens with one attached hydrogen (secondary N) is 1. The smallest absolute Gasteiger partial charge is 0.245 e. The van der Waals surface area contributed by atoms with Gasteiger partial charge in [0.2, 0.25) is 11.8 Å². The Hall–Kier alpha value is -1.10. The van der Waals surface area contributed by atoms with Crippen LogP contribution in [0.1, 0.15) is 40.0 Å². The minimum atomic E-state index is -0.364. The van der Waals surface area contributed by atoms with E-state index < -0.39 is 0 Å². The van der Waals surface area contributed by atoms with Gasteiger partial charge in [0.05, 0.1) is 0 Å². The van der Waals surface area contributed by atoms with Crippen molar-refractivity contribution in [1.82, 2.24) is 15.1 Å². The third-order valence-electron chi connectivity index (χ3n) is 4.18. The third-order valence-corrected chi connectivity index (χ3v) is 4.18. The maximum atomic E-state index is 12.7. The molecule has 5 heteroatoms. The summed E-state index contributed by atoms with van der Waals surface area (Å²) in [6, 6.07) is -0.194. The second kappa shape index (κ2) is 7.62. The molecule has 0 radical (unpaired) electrons. The largest absolute Gasteiger partial charge is 0.344 e. The number of rotatable bonds is 6. The molecule has 3 unspecified atom stereocenters. The van der Waals surface area contributed by atoms with Crippen LogP contribution >= 0.6 is 0 Å². The molecule has 0 aromatic heterocycles. The Morgan fingerprint density at radius 1 is 1.35 bits per heavy atom. The van der Waals surface area contributed by atoms with Gasteiger partial charge in [-0.15, -0.1) is 0 Å². The van der Waals surface area contributed by atoms with Crippen LogP contribution in [0.15, 0.2) is 0 Å². The molecule has 1 aliphatic heterocycles. The average molecular weight is 283 g/mol. The molecule has 1 heterocycles. The van der Waals surface area contributed by atoms with Crippen molar-refractivity contribution in [1.29, 1.82) is 0 Å². The second-order valence-corrected chi connectivity index (χ2v) is 6.15. The highest BCUT2D eigenvalue weighted by atomic mass is 16.2. The Kier molecular flexibility index (Phi) is 6.46. The molecular weight excluding hydrogens is 254 g/mol. The minimum absolute atomic E-state index is 0.00837. The van der Waals surface area contributed by atoms with Crippen LogP contribution in [0.3, 0.4) is 0 Å². The van der Waals surface area contributed by atoms with Gasteiger partial charge in [-0.2, -0.15) is 0 Å². The van der Waals surface area contributed by atoms with E-state index in [0.29, 0.717) is 13.0 Å². The summed E-state index contributed by atoms with van der Waals surface area (Å²) in [7, 11) is 4.06. The summed E-state index contributed by atoms with van der Waals surface area (Å²) in [6.07, 6.45) is 2.22. The predicted molar refractivity (Wildman–Crippen MR) is 80.3 cm³/mol. The van der Waals surface area contributed by atoms with E-state index in [9.17, 15) is 9.59 Å². The number of nitrogens with zero attached hydrogens (tertiary/aromatic N) is 2. The van der Waals surface area contributed by atoms with Gasteiger partial charge >= 0.3 is 0 Å². The standard InChI is InChI=1S/C15H29N3O2/c1-6-11(2)14-15(20)18(10-8-13(19)16-14)12(3)7-9-17(4)5/h11-12,14H,6-10H2,1-5H3,(H,16,19). The number of carbonyl (C=O) groups excluding carboxylic acids is 2. The van der Waals surface area contributed by atoms with Crippen molar-refractivity contribution in [3.63, 3.8) is 0 Å². The summed E-state index contributed by atoms with van der Waals surface area (Å²) in [6.45, 7) is 7.63. The molecule has 0 saturated carbocycles. The molecule has 0 aromatic rings. The molecule has 5 nitrogen and oxygen atoms in total. The Bertz CT molecular complexity index is 344. The van der Waals surface area contributed by atoms with Gasteiger partial charge < -0.3 is 15.1 Å². The van der Waals surface area contributed by atoms with Crippen LogP contribution in [-0.4, -0.2) is 60.9 Å². The van der Waals surface area contributed by atoms with Gasteiger partial charge in [0.1, 0.15) is 6.04 Å². The summed E-state index contributed by atoms with van der Waals surface area (Å²) in [5.41, 5.74) is 0. The molecule has 116 valence electrons. The maximum absolute atomic E-state index is 12.7. The number of hydrogen-bond donors (Lipinski definition) is 1. The van der Waals surface area contributed by atoms with Gasteiger partial charge in [0.15, 0.2) is 0 Å². The lowest BCUT2D eigenvalue weighted by Crippen LogP contribution is -2.50. The van der Waals surface area contributed by atoms with Crippen molar-refractivity contribution in [2.45, 2.75) is 52.1 Å². The molecule has 0 aliphatic carbocycles. The van der Waals surface area contributed by atoms with Crippen molar-refractivity contribution in [3.05, 3.63) is 0 Å². The minimum Gasteiger partial charge on any atom is -0.344 e. The normalized spacial score (nSPS) is 23.5. The Balaban J connectivity index is 2.78. The van der Waals surface area contributed by atoms with Crippen LogP contribution in [0.5, 0.6) is 0 Å². The van der Waals surface area contributed by atoms with Crippen LogP contribution in [-0.2, 0) is 9.59 Å². The van der Waals surface area contributed by atoms with E-state index in [4.69, 9.17) is 0 Å². The second-order valence-electron chi connectivity index (χ2n) is 6.15. The molecule has 2 amide bonds. The van der Waals surface area contributed by atoms with Gasteiger partial charge in [-0.3, -0.25) is 9.59 Å². The van der Waals surface area contributed by atoms with E-state index in [2.05, 4.69) is 24.1 Å². The number of amides is 2. The zero-order chi connectivity index (χ0) is 15.3. The zero-order valence-corrected chi connectivity index (χ0v) is 13.5. The molecule has 1 rings (SSSR count). The van der Waals surface area contributed by atoms with E-state index in [1.165, 1.54) is 0 Å². The topological polar surface area (TPSA) is 52.7 Å². The monoisotopic (exact) mass is 283 g/mol. The van der Waals surface area contributed by atoms with E-state index in [1.807, 2.05) is 25.9 Å². The summed E-state index contributed by atoms with van der Waals surface area (Å²) >= 11 is 0. The van der Waals surface area contributed by atoms with Gasteiger partial charge in [-0.25, -0.2) is 0 Å². The highest BCUT2D eigenvalue weighted by Gasteiger charge is 2.34. The number of carbonyl (C=O) groups is 2. The maximum Gasteiger partial charge on any atom is 0.245 e. The first kappa shape index (κ1) is 17.0. The van der Waals surface area contributed by atoms with Crippen molar-refractivity contribution in [2.75, 3.05) is 27.2 Å². The van der Waals surface area contributed by atoms with Gasteiger partial charge in [0, 0.05) is 19.0 Å². The van der Waals surface area contributed by atoms with Crippen molar-refractivity contribution in [3.8, 4) is 0 Å². The first-order valence-electron chi connectivity index (χ1n) is 7.61. The van der Waals surface area contributed by atoms with Gasteiger partial charge in [-0.1, -0.05) is 20.3 Å². The molecule has 1 N–H and O–H groups in total. The molecule has 20 heavy (non-hydrogen) atoms. The summed E-state index contributed by atoms with van der Waals surface area (Å²) in [4.78, 5) is 28.5. The summed E-state index contributed by atoms with van der Waals surface area (Å²) in [5, 5.41) is 2.89. The van der Waals surface area contributed by atoms with Crippen molar-refractivity contribution < 1.29 is 9.59 Å². The quantitative estimate of drug-likeness (QED) is 0.794. The van der Waals surface area contributed by atoms with E-state index in [0.717, 1.165) is 19.4 Å². The zero-order valence-electron chi connectivity index (χ0n) is 13.5. The Morgan fingerprint density at radius 3 is 2.55 bits per heavy atom. The molecule has 1 aliphatic rings. The lowest BCUT2D eigenvalue weighted by Gasteiger charge is -2.32. The lowest BCUT2D eigenvalue weighted by molar-refractivity contribution is -0.136. The van der Waals surface area contributed by atoms with Crippen LogP contribution in [0.25, 0.3) is 0 Å². The van der Waals surface area contributed by atoms with E-state index in [1.54, 1.807) is 0 Å². The molecule has 1 saturated heterocycles. The first-order chi connectivity index (χ1) is 9.36. The lowest BCUT2D eigenvalue weighted by atomic mass is 9.97. The molecule has 0 aromatic carbocycles. The summed E-state index contributed by atoms with van der Waals surface area (Å²) in [5.74, 6) is 0.246. The molecule has 3 atom stereocenters. The Labute approximate surface area is 122 Å². The molecule has 1 fully saturated rings. The van der Waals surface area contributed by atoms with Gasteiger partial charge in [-0.05, 0) is 39.9 Å². The first-order valence-corrected chi connectivity index (χ1v) is 7.61. The highest BCUT2D eigenvalue weighted by molar-refractivity contribution is 5.90. The van der Waals surface area contributed by atoms with Crippen LogP contribution < -0.4 is 5.32 Å². The third kappa shape index (κ3) is 4.47. The van der Waals surface area contributed by atoms with E-state index >= 15 is 0 Å². The fourth-order valence-electron chi connectivity index (χ4n) is 2.48. The van der Waals surface area contributed by atoms with Crippen LogP contribution in [0.4, 0.5) is 0 Å². The highest BCUT2D eigenvalue weighted by Crippen LogP contribution is 2.17. The molecular formula is C15H29N3O2. The number of hydrogen-bond acceptors (Lipinski definition) is 3. The molecule has 0 spiro atoms. The predicted octanol–water partition coefficient (Wildman–Crippen LogP) is 1.09. The van der Waals surface area contributed by atoms with E-state index in [-0.39, 0.29) is 29.8 Å². The van der Waals surface area contributed by atoms with Crippen molar-refractivity contribution >= 4 is 11.8 Å². The summed E-state index contributed by atoms with van der Waals surface area (Å²) < 4.78 is 0. The average Bonchev–Trinajstić information content (AvgIpc) is 2.55. The SMILES string of the molecule is CCC(C)C1NC(=O)CCN(C(C)CCN(C)C)C1=O. The van der Waals surface area contributed by atoms with Crippen molar-refractivity contribution in [2.24, 2.45) is 5.92 Å².